The first-order chi connectivity index (χ1) is 19.9. The van der Waals surface area contributed by atoms with Crippen LogP contribution in [0.3, 0.4) is 0 Å². The van der Waals surface area contributed by atoms with Crippen LogP contribution in [-0.4, -0.2) is 66.7 Å². The van der Waals surface area contributed by atoms with Gasteiger partial charge in [-0.15, -0.1) is 0 Å². The SMILES string of the molecule is O=C(CC1C(=O)NCCN1C(=S)NC(=O)c1cc(Br)ccc1OCCc1ccccc1)OCCOc1ccccc1. The lowest BCUT2D eigenvalue weighted by atomic mass is 10.1. The van der Waals surface area contributed by atoms with Crippen molar-refractivity contribution in [1.82, 2.24) is 15.5 Å². The molecule has 0 bridgehead atoms. The van der Waals surface area contributed by atoms with Gasteiger partial charge in [0.05, 0.1) is 18.6 Å². The van der Waals surface area contributed by atoms with E-state index in [-0.39, 0.29) is 36.2 Å². The lowest BCUT2D eigenvalue weighted by molar-refractivity contribution is -0.148. The van der Waals surface area contributed by atoms with Gasteiger partial charge in [0.2, 0.25) is 5.91 Å². The predicted octanol–water partition coefficient (Wildman–Crippen LogP) is 3.90. The molecule has 1 aliphatic rings. The number of hydrogen-bond acceptors (Lipinski definition) is 7. The smallest absolute Gasteiger partial charge is 0.308 e. The van der Waals surface area contributed by atoms with Gasteiger partial charge in [0.1, 0.15) is 30.8 Å². The molecule has 1 heterocycles. The third-order valence-corrected chi connectivity index (χ3v) is 7.04. The van der Waals surface area contributed by atoms with Gasteiger partial charge in [-0.25, -0.2) is 0 Å². The second kappa shape index (κ2) is 15.2. The van der Waals surface area contributed by atoms with Gasteiger partial charge >= 0.3 is 5.97 Å². The Hall–Kier alpha value is -3.96. The van der Waals surface area contributed by atoms with E-state index in [0.717, 1.165) is 5.56 Å². The summed E-state index contributed by atoms with van der Waals surface area (Å²) in [6.45, 7) is 1.21. The van der Waals surface area contributed by atoms with Crippen molar-refractivity contribution in [3.05, 3.63) is 94.5 Å². The number of nitrogens with zero attached hydrogens (tertiary/aromatic N) is 1. The third kappa shape index (κ3) is 9.02. The number of piperazine rings is 1. The minimum absolute atomic E-state index is 0.0270. The zero-order valence-electron chi connectivity index (χ0n) is 22.2. The topological polar surface area (TPSA) is 106 Å². The normalized spacial score (nSPS) is 14.5. The van der Waals surface area contributed by atoms with E-state index >= 15 is 0 Å². The highest BCUT2D eigenvalue weighted by Crippen LogP contribution is 2.24. The van der Waals surface area contributed by atoms with Crippen molar-refractivity contribution in [3.63, 3.8) is 0 Å². The number of esters is 1. The lowest BCUT2D eigenvalue weighted by Gasteiger charge is -2.36. The zero-order valence-corrected chi connectivity index (χ0v) is 24.6. The van der Waals surface area contributed by atoms with Crippen molar-refractivity contribution >= 4 is 51.0 Å². The molecule has 2 N–H and O–H groups in total. The van der Waals surface area contributed by atoms with Gasteiger partial charge in [-0.3, -0.25) is 19.7 Å². The number of rotatable bonds is 11. The van der Waals surface area contributed by atoms with Gasteiger partial charge in [-0.05, 0) is 48.1 Å². The van der Waals surface area contributed by atoms with Crippen LogP contribution in [0.2, 0.25) is 0 Å². The summed E-state index contributed by atoms with van der Waals surface area (Å²) in [6.07, 6.45) is 0.438. The number of benzene rings is 3. The quantitative estimate of drug-likeness (QED) is 0.185. The van der Waals surface area contributed by atoms with Crippen molar-refractivity contribution in [2.45, 2.75) is 18.9 Å². The molecule has 0 saturated carbocycles. The molecule has 1 aliphatic heterocycles. The van der Waals surface area contributed by atoms with Crippen molar-refractivity contribution in [2.24, 2.45) is 0 Å². The van der Waals surface area contributed by atoms with Crippen LogP contribution >= 0.6 is 28.1 Å². The Morgan fingerprint density at radius 1 is 0.976 bits per heavy atom. The molecule has 1 saturated heterocycles. The van der Waals surface area contributed by atoms with Crippen LogP contribution in [-0.2, 0) is 20.7 Å². The van der Waals surface area contributed by atoms with E-state index in [1.165, 1.54) is 4.90 Å². The number of thiocarbonyl (C=S) groups is 1. The Morgan fingerprint density at radius 2 is 1.71 bits per heavy atom. The number of para-hydroxylation sites is 1. The number of carbonyl (C=O) groups excluding carboxylic acids is 3. The largest absolute Gasteiger partial charge is 0.492 e. The molecule has 3 aromatic carbocycles. The maximum Gasteiger partial charge on any atom is 0.308 e. The maximum atomic E-state index is 13.3. The van der Waals surface area contributed by atoms with Gasteiger partial charge < -0.3 is 24.4 Å². The molecule has 0 radical (unpaired) electrons. The van der Waals surface area contributed by atoms with Crippen LogP contribution in [0.15, 0.2) is 83.3 Å². The minimum atomic E-state index is -0.928. The van der Waals surface area contributed by atoms with Crippen LogP contribution in [0.5, 0.6) is 11.5 Å². The number of nitrogens with one attached hydrogen (secondary N) is 2. The number of carbonyl (C=O) groups is 3. The van der Waals surface area contributed by atoms with E-state index in [1.807, 2.05) is 48.5 Å². The summed E-state index contributed by atoms with van der Waals surface area (Å²) in [5.74, 6) is -0.380. The zero-order chi connectivity index (χ0) is 29.0. The number of ether oxygens (including phenoxy) is 3. The van der Waals surface area contributed by atoms with Gasteiger partial charge in [0, 0.05) is 24.0 Å². The average Bonchev–Trinajstić information content (AvgIpc) is 2.98. The van der Waals surface area contributed by atoms with Crippen molar-refractivity contribution in [1.29, 1.82) is 0 Å². The van der Waals surface area contributed by atoms with Crippen LogP contribution in [0, 0.1) is 0 Å². The molecule has 0 spiro atoms. The van der Waals surface area contributed by atoms with Gasteiger partial charge in [-0.1, -0.05) is 64.5 Å². The van der Waals surface area contributed by atoms with Crippen molar-refractivity contribution in [3.8, 4) is 11.5 Å². The summed E-state index contributed by atoms with van der Waals surface area (Å²) in [6, 6.07) is 23.3. The Kier molecular flexibility index (Phi) is 11.1. The molecule has 1 fully saturated rings. The summed E-state index contributed by atoms with van der Waals surface area (Å²) in [5.41, 5.74) is 1.40. The van der Waals surface area contributed by atoms with Crippen LogP contribution in [0.4, 0.5) is 0 Å². The van der Waals surface area contributed by atoms with Gasteiger partial charge in [-0.2, -0.15) is 0 Å². The lowest BCUT2D eigenvalue weighted by Crippen LogP contribution is -2.60. The molecular weight excluding hydrogens is 610 g/mol. The molecule has 1 atom stereocenters. The summed E-state index contributed by atoms with van der Waals surface area (Å²) in [5, 5.41) is 5.47. The molecule has 0 aliphatic carbocycles. The fourth-order valence-electron chi connectivity index (χ4n) is 4.17. The van der Waals surface area contributed by atoms with Gasteiger partial charge in [0.15, 0.2) is 5.11 Å². The molecule has 0 aromatic heterocycles. The first-order valence-electron chi connectivity index (χ1n) is 13.1. The summed E-state index contributed by atoms with van der Waals surface area (Å²) in [4.78, 5) is 40.0. The fraction of sp³-hybridized carbons (Fsp3) is 0.267. The molecule has 41 heavy (non-hydrogen) atoms. The minimum Gasteiger partial charge on any atom is -0.492 e. The van der Waals surface area contributed by atoms with Crippen LogP contribution in [0.1, 0.15) is 22.3 Å². The predicted molar refractivity (Wildman–Crippen MR) is 161 cm³/mol. The highest BCUT2D eigenvalue weighted by molar-refractivity contribution is 9.10. The van der Waals surface area contributed by atoms with Crippen molar-refractivity contribution in [2.75, 3.05) is 32.9 Å². The number of halogens is 1. The van der Waals surface area contributed by atoms with Crippen molar-refractivity contribution < 1.29 is 28.6 Å². The molecule has 9 nitrogen and oxygen atoms in total. The van der Waals surface area contributed by atoms with Gasteiger partial charge in [0.25, 0.3) is 5.91 Å². The summed E-state index contributed by atoms with van der Waals surface area (Å²) in [7, 11) is 0. The Morgan fingerprint density at radius 3 is 2.46 bits per heavy atom. The molecule has 11 heteroatoms. The molecular formula is C30H30BrN3O6S. The maximum absolute atomic E-state index is 13.3. The van der Waals surface area contributed by atoms with Crippen LogP contribution in [0.25, 0.3) is 0 Å². The standard InChI is InChI=1S/C30H30BrN3O6S/c31-22-11-12-26(39-16-13-21-7-3-1-4-8-21)24(19-22)28(36)33-30(41)34-15-14-32-29(37)25(34)20-27(35)40-18-17-38-23-9-5-2-6-10-23/h1-12,19,25H,13-18,20H2,(H,32,37)(H,33,36,41). The van der Waals surface area contributed by atoms with Crippen LogP contribution < -0.4 is 20.1 Å². The van der Waals surface area contributed by atoms with E-state index in [0.29, 0.717) is 42.1 Å². The molecule has 3 aromatic rings. The summed E-state index contributed by atoms with van der Waals surface area (Å²) < 4.78 is 17.4. The Bertz CT molecular complexity index is 1360. The monoisotopic (exact) mass is 639 g/mol. The highest BCUT2D eigenvalue weighted by atomic mass is 79.9. The highest BCUT2D eigenvalue weighted by Gasteiger charge is 2.34. The van der Waals surface area contributed by atoms with E-state index in [2.05, 4.69) is 26.6 Å². The average molecular weight is 641 g/mol. The Balaban J connectivity index is 1.33. The molecule has 214 valence electrons. The molecule has 4 rings (SSSR count). The van der Waals surface area contributed by atoms with E-state index in [4.69, 9.17) is 26.4 Å². The third-order valence-electron chi connectivity index (χ3n) is 6.21. The molecule has 1 unspecified atom stereocenters. The fourth-order valence-corrected chi connectivity index (χ4v) is 4.85. The summed E-state index contributed by atoms with van der Waals surface area (Å²) >= 11 is 8.91. The van der Waals surface area contributed by atoms with E-state index < -0.39 is 17.9 Å². The molecule has 2 amide bonds. The number of hydrogen-bond donors (Lipinski definition) is 2. The number of amides is 2. The van der Waals surface area contributed by atoms with E-state index in [1.54, 1.807) is 30.3 Å². The first-order valence-corrected chi connectivity index (χ1v) is 14.3. The van der Waals surface area contributed by atoms with E-state index in [9.17, 15) is 14.4 Å². The first kappa shape index (κ1) is 30.0. The second-order valence-electron chi connectivity index (χ2n) is 9.07. The second-order valence-corrected chi connectivity index (χ2v) is 10.4. The Labute approximate surface area is 252 Å².